The predicted octanol–water partition coefficient (Wildman–Crippen LogP) is 1.93. The molecule has 1 heterocycles. The lowest BCUT2D eigenvalue weighted by molar-refractivity contribution is 0.0600. The molecule has 4 heteroatoms. The van der Waals surface area contributed by atoms with Gasteiger partial charge < -0.3 is 14.3 Å². The van der Waals surface area contributed by atoms with E-state index in [1.54, 1.807) is 12.1 Å². The fourth-order valence-corrected chi connectivity index (χ4v) is 1.35. The van der Waals surface area contributed by atoms with Crippen LogP contribution in [-0.4, -0.2) is 18.2 Å². The van der Waals surface area contributed by atoms with Crippen molar-refractivity contribution in [2.75, 3.05) is 7.11 Å². The van der Waals surface area contributed by atoms with E-state index in [1.165, 1.54) is 19.4 Å². The van der Waals surface area contributed by atoms with Crippen molar-refractivity contribution in [3.05, 3.63) is 30.0 Å². The summed E-state index contributed by atoms with van der Waals surface area (Å²) in [6.07, 6.45) is 1.45. The van der Waals surface area contributed by atoms with Gasteiger partial charge in [-0.05, 0) is 18.2 Å². The molecule has 0 saturated heterocycles. The van der Waals surface area contributed by atoms with E-state index in [4.69, 9.17) is 4.42 Å². The third kappa shape index (κ3) is 1.12. The number of rotatable bonds is 1. The molecule has 0 spiro atoms. The van der Waals surface area contributed by atoms with E-state index in [-0.39, 0.29) is 11.3 Å². The highest BCUT2D eigenvalue weighted by molar-refractivity contribution is 6.05. The SMILES string of the molecule is COC(=O)c1c(O)ccc2occc12. The van der Waals surface area contributed by atoms with Gasteiger partial charge in [0, 0.05) is 5.39 Å². The number of carbonyl (C=O) groups excluding carboxylic acids is 1. The number of esters is 1. The van der Waals surface area contributed by atoms with Crippen LogP contribution in [0.2, 0.25) is 0 Å². The number of carbonyl (C=O) groups is 1. The Bertz CT molecular complexity index is 484. The van der Waals surface area contributed by atoms with Gasteiger partial charge in [-0.2, -0.15) is 0 Å². The minimum Gasteiger partial charge on any atom is -0.507 e. The van der Waals surface area contributed by atoms with E-state index in [0.717, 1.165) is 0 Å². The summed E-state index contributed by atoms with van der Waals surface area (Å²) in [5.41, 5.74) is 0.682. The zero-order valence-electron chi connectivity index (χ0n) is 7.48. The normalized spacial score (nSPS) is 10.4. The highest BCUT2D eigenvalue weighted by Crippen LogP contribution is 2.28. The second kappa shape index (κ2) is 3.06. The maximum atomic E-state index is 11.3. The molecule has 0 bridgehead atoms. The van der Waals surface area contributed by atoms with E-state index in [9.17, 15) is 9.90 Å². The number of hydrogen-bond acceptors (Lipinski definition) is 4. The van der Waals surface area contributed by atoms with Gasteiger partial charge in [-0.25, -0.2) is 4.79 Å². The fraction of sp³-hybridized carbons (Fsp3) is 0.100. The van der Waals surface area contributed by atoms with Gasteiger partial charge in [0.25, 0.3) is 0 Å². The van der Waals surface area contributed by atoms with E-state index in [2.05, 4.69) is 4.74 Å². The first-order chi connectivity index (χ1) is 6.74. The molecule has 14 heavy (non-hydrogen) atoms. The summed E-state index contributed by atoms with van der Waals surface area (Å²) in [6, 6.07) is 4.61. The van der Waals surface area contributed by atoms with Crippen molar-refractivity contribution >= 4 is 16.9 Å². The average molecular weight is 192 g/mol. The lowest BCUT2D eigenvalue weighted by atomic mass is 10.1. The van der Waals surface area contributed by atoms with Gasteiger partial charge in [-0.15, -0.1) is 0 Å². The Balaban J connectivity index is 2.76. The zero-order valence-corrected chi connectivity index (χ0v) is 7.48. The van der Waals surface area contributed by atoms with E-state index in [0.29, 0.717) is 11.0 Å². The number of furan rings is 1. The van der Waals surface area contributed by atoms with Gasteiger partial charge >= 0.3 is 5.97 Å². The molecule has 0 aliphatic heterocycles. The summed E-state index contributed by atoms with van der Waals surface area (Å²) in [4.78, 5) is 11.3. The zero-order chi connectivity index (χ0) is 10.1. The maximum Gasteiger partial charge on any atom is 0.342 e. The van der Waals surface area contributed by atoms with Gasteiger partial charge in [0.2, 0.25) is 0 Å². The second-order valence-corrected chi connectivity index (χ2v) is 2.78. The molecule has 0 unspecified atom stereocenters. The Morgan fingerprint density at radius 3 is 2.93 bits per heavy atom. The van der Waals surface area contributed by atoms with Crippen molar-refractivity contribution in [2.45, 2.75) is 0 Å². The average Bonchev–Trinajstić information content (AvgIpc) is 2.64. The third-order valence-electron chi connectivity index (χ3n) is 2.00. The second-order valence-electron chi connectivity index (χ2n) is 2.78. The van der Waals surface area contributed by atoms with Gasteiger partial charge in [-0.3, -0.25) is 0 Å². The standard InChI is InChI=1S/C10H8O4/c1-13-10(12)9-6-4-5-14-8(6)3-2-7(9)11/h2-5,11H,1H3. The van der Waals surface area contributed by atoms with E-state index >= 15 is 0 Å². The van der Waals surface area contributed by atoms with Crippen LogP contribution in [0.4, 0.5) is 0 Å². The van der Waals surface area contributed by atoms with Crippen LogP contribution in [-0.2, 0) is 4.74 Å². The topological polar surface area (TPSA) is 59.7 Å². The summed E-state index contributed by atoms with van der Waals surface area (Å²) in [7, 11) is 1.26. The smallest absolute Gasteiger partial charge is 0.342 e. The Hall–Kier alpha value is -1.97. The molecular weight excluding hydrogens is 184 g/mol. The molecule has 0 atom stereocenters. The van der Waals surface area contributed by atoms with Crippen LogP contribution >= 0.6 is 0 Å². The molecule has 1 aromatic carbocycles. The van der Waals surface area contributed by atoms with Gasteiger partial charge in [0.05, 0.1) is 13.4 Å². The number of benzene rings is 1. The van der Waals surface area contributed by atoms with Crippen molar-refractivity contribution in [3.63, 3.8) is 0 Å². The first-order valence-corrected chi connectivity index (χ1v) is 4.01. The molecule has 0 aliphatic carbocycles. The van der Waals surface area contributed by atoms with Crippen molar-refractivity contribution < 1.29 is 19.1 Å². The van der Waals surface area contributed by atoms with Crippen molar-refractivity contribution in [3.8, 4) is 5.75 Å². The Morgan fingerprint density at radius 2 is 2.21 bits per heavy atom. The number of ether oxygens (including phenoxy) is 1. The monoisotopic (exact) mass is 192 g/mol. The molecular formula is C10H8O4. The van der Waals surface area contributed by atoms with Crippen LogP contribution in [0.15, 0.2) is 28.9 Å². The molecule has 1 aromatic heterocycles. The molecule has 2 rings (SSSR count). The molecule has 0 radical (unpaired) electrons. The lowest BCUT2D eigenvalue weighted by Gasteiger charge is -2.02. The van der Waals surface area contributed by atoms with Crippen LogP contribution in [0.1, 0.15) is 10.4 Å². The number of phenols is 1. The van der Waals surface area contributed by atoms with Crippen LogP contribution in [0.5, 0.6) is 5.75 Å². The Labute approximate surface area is 79.7 Å². The third-order valence-corrected chi connectivity index (χ3v) is 2.00. The van der Waals surface area contributed by atoms with Crippen LogP contribution in [0.25, 0.3) is 11.0 Å². The number of aromatic hydroxyl groups is 1. The molecule has 0 amide bonds. The highest BCUT2D eigenvalue weighted by atomic mass is 16.5. The van der Waals surface area contributed by atoms with Crippen molar-refractivity contribution in [1.29, 1.82) is 0 Å². The van der Waals surface area contributed by atoms with Crippen molar-refractivity contribution in [1.82, 2.24) is 0 Å². The molecule has 72 valence electrons. The molecule has 2 aromatic rings. The molecule has 0 aliphatic rings. The first-order valence-electron chi connectivity index (χ1n) is 4.01. The number of methoxy groups -OCH3 is 1. The Kier molecular flexibility index (Phi) is 1.89. The minimum absolute atomic E-state index is 0.106. The summed E-state index contributed by atoms with van der Waals surface area (Å²) in [6.45, 7) is 0. The lowest BCUT2D eigenvalue weighted by Crippen LogP contribution is -2.01. The fourth-order valence-electron chi connectivity index (χ4n) is 1.35. The van der Waals surface area contributed by atoms with Crippen LogP contribution < -0.4 is 0 Å². The van der Waals surface area contributed by atoms with Crippen LogP contribution in [0, 0.1) is 0 Å². The van der Waals surface area contributed by atoms with Gasteiger partial charge in [0.15, 0.2) is 0 Å². The predicted molar refractivity (Wildman–Crippen MR) is 49.2 cm³/mol. The summed E-state index contributed by atoms with van der Waals surface area (Å²) >= 11 is 0. The largest absolute Gasteiger partial charge is 0.507 e. The summed E-state index contributed by atoms with van der Waals surface area (Å²) < 4.78 is 9.64. The number of hydrogen-bond donors (Lipinski definition) is 1. The molecule has 0 saturated carbocycles. The first kappa shape index (κ1) is 8.62. The molecule has 4 nitrogen and oxygen atoms in total. The number of phenolic OH excluding ortho intramolecular Hbond substituents is 1. The number of fused-ring (bicyclic) bond motifs is 1. The Morgan fingerprint density at radius 1 is 1.43 bits per heavy atom. The van der Waals surface area contributed by atoms with Crippen molar-refractivity contribution in [2.24, 2.45) is 0 Å². The summed E-state index contributed by atoms with van der Waals surface area (Å²) in [5, 5.41) is 10.0. The van der Waals surface area contributed by atoms with E-state index in [1.807, 2.05) is 0 Å². The summed E-state index contributed by atoms with van der Waals surface area (Å²) in [5.74, 6) is -0.680. The maximum absolute atomic E-state index is 11.3. The van der Waals surface area contributed by atoms with Gasteiger partial charge in [-0.1, -0.05) is 0 Å². The van der Waals surface area contributed by atoms with E-state index < -0.39 is 5.97 Å². The molecule has 0 fully saturated rings. The quantitative estimate of drug-likeness (QED) is 0.701. The van der Waals surface area contributed by atoms with Gasteiger partial charge in [0.1, 0.15) is 16.9 Å². The highest BCUT2D eigenvalue weighted by Gasteiger charge is 2.16. The molecule has 1 N–H and O–H groups in total. The van der Waals surface area contributed by atoms with Crippen LogP contribution in [0.3, 0.4) is 0 Å². The minimum atomic E-state index is -0.575.